The third-order valence-electron chi connectivity index (χ3n) is 4.66. The Balaban J connectivity index is 1.86. The van der Waals surface area contributed by atoms with Crippen LogP contribution in [0.3, 0.4) is 0 Å². The highest BCUT2D eigenvalue weighted by Crippen LogP contribution is 2.30. The van der Waals surface area contributed by atoms with Crippen molar-refractivity contribution in [2.24, 2.45) is 14.1 Å². The summed E-state index contributed by atoms with van der Waals surface area (Å²) in [5, 5.41) is 0.358. The average molecular weight is 482 g/mol. The summed E-state index contributed by atoms with van der Waals surface area (Å²) < 4.78 is 50.9. The Labute approximate surface area is 188 Å². The van der Waals surface area contributed by atoms with Crippen LogP contribution in [0.25, 0.3) is 11.2 Å². The van der Waals surface area contributed by atoms with Crippen LogP contribution in [-0.2, 0) is 20.6 Å². The smallest absolute Gasteiger partial charge is 0.425 e. The first kappa shape index (κ1) is 22.4. The number of hydrogen-bond donors (Lipinski definition) is 0. The van der Waals surface area contributed by atoms with Crippen molar-refractivity contribution in [3.63, 3.8) is 0 Å². The highest BCUT2D eigenvalue weighted by Gasteiger charge is 2.31. The molecule has 0 saturated heterocycles. The van der Waals surface area contributed by atoms with Crippen LogP contribution in [0.2, 0.25) is 5.02 Å². The van der Waals surface area contributed by atoms with Gasteiger partial charge in [-0.2, -0.15) is 4.98 Å². The molecule has 3 heterocycles. The molecule has 0 aliphatic carbocycles. The third-order valence-corrected chi connectivity index (χ3v) is 4.87. The predicted molar refractivity (Wildman–Crippen MR) is 112 cm³/mol. The number of aromatic nitrogens is 5. The lowest BCUT2D eigenvalue weighted by atomic mass is 10.3. The minimum Gasteiger partial charge on any atom is -0.425 e. The molecule has 0 fully saturated rings. The van der Waals surface area contributed by atoms with E-state index >= 15 is 0 Å². The van der Waals surface area contributed by atoms with E-state index in [4.69, 9.17) is 16.3 Å². The number of hydrogen-bond acceptors (Lipinski definition) is 6. The van der Waals surface area contributed by atoms with E-state index in [2.05, 4.69) is 14.7 Å². The molecule has 0 bridgehead atoms. The lowest BCUT2D eigenvalue weighted by Gasteiger charge is -2.12. The second-order valence-corrected chi connectivity index (χ2v) is 7.43. The first-order valence-corrected chi connectivity index (χ1v) is 9.70. The summed E-state index contributed by atoms with van der Waals surface area (Å²) in [6.07, 6.45) is -1.93. The quantitative estimate of drug-likeness (QED) is 0.434. The Bertz CT molecular complexity index is 1480. The van der Waals surface area contributed by atoms with Gasteiger partial charge in [-0.25, -0.2) is 4.79 Å². The fourth-order valence-corrected chi connectivity index (χ4v) is 3.41. The lowest BCUT2D eigenvalue weighted by molar-refractivity contribution is -0.274. The lowest BCUT2D eigenvalue weighted by Crippen LogP contribution is -2.37. The number of benzene rings is 1. The standard InChI is InChI=1S/C20H15ClF3N5O4/c1-27-16-15(17(30)28(2)19(27)31)29(10-11-6-12(21)9-25-8-11)18(26-16)32-13-4-3-5-14(7-13)33-20(22,23)24/h3-9H,10H2,1-2H3. The normalized spacial score (nSPS) is 11.7. The van der Waals surface area contributed by atoms with E-state index in [9.17, 15) is 22.8 Å². The van der Waals surface area contributed by atoms with Crippen LogP contribution in [-0.4, -0.2) is 30.0 Å². The maximum Gasteiger partial charge on any atom is 0.573 e. The molecule has 0 aliphatic rings. The molecule has 0 amide bonds. The topological polar surface area (TPSA) is 93.2 Å². The SMILES string of the molecule is Cn1c(=O)c2c(nc(Oc3cccc(OC(F)(F)F)c3)n2Cc2cncc(Cl)c2)n(C)c1=O. The van der Waals surface area contributed by atoms with Crippen LogP contribution in [0.4, 0.5) is 13.2 Å². The summed E-state index contributed by atoms with van der Waals surface area (Å²) in [5.41, 5.74) is -0.543. The van der Waals surface area contributed by atoms with Gasteiger partial charge in [-0.15, -0.1) is 13.2 Å². The van der Waals surface area contributed by atoms with Crippen molar-refractivity contribution in [2.75, 3.05) is 0 Å². The molecule has 9 nitrogen and oxygen atoms in total. The maximum atomic E-state index is 12.9. The van der Waals surface area contributed by atoms with E-state index in [-0.39, 0.29) is 29.5 Å². The largest absolute Gasteiger partial charge is 0.573 e. The Hall–Kier alpha value is -3.80. The van der Waals surface area contributed by atoms with Gasteiger partial charge in [-0.3, -0.25) is 23.5 Å². The van der Waals surface area contributed by atoms with E-state index in [0.717, 1.165) is 16.7 Å². The number of aryl methyl sites for hydroxylation is 1. The van der Waals surface area contributed by atoms with Crippen LogP contribution < -0.4 is 20.7 Å². The van der Waals surface area contributed by atoms with Crippen molar-refractivity contribution in [3.8, 4) is 17.5 Å². The van der Waals surface area contributed by atoms with Crippen LogP contribution in [0.1, 0.15) is 5.56 Å². The van der Waals surface area contributed by atoms with Crippen molar-refractivity contribution in [3.05, 3.63) is 74.1 Å². The van der Waals surface area contributed by atoms with E-state index in [1.165, 1.54) is 47.8 Å². The zero-order valence-corrected chi connectivity index (χ0v) is 17.9. The number of rotatable bonds is 5. The van der Waals surface area contributed by atoms with E-state index in [1.54, 1.807) is 6.07 Å². The van der Waals surface area contributed by atoms with Gasteiger partial charge >= 0.3 is 18.1 Å². The van der Waals surface area contributed by atoms with Crippen LogP contribution in [0.5, 0.6) is 17.5 Å². The molecule has 4 aromatic rings. The molecule has 0 atom stereocenters. The highest BCUT2D eigenvalue weighted by molar-refractivity contribution is 6.30. The fourth-order valence-electron chi connectivity index (χ4n) is 3.22. The van der Waals surface area contributed by atoms with Gasteiger partial charge in [0.25, 0.3) is 5.56 Å². The zero-order valence-electron chi connectivity index (χ0n) is 17.1. The minimum absolute atomic E-state index is 0.0284. The van der Waals surface area contributed by atoms with Crippen molar-refractivity contribution in [1.82, 2.24) is 23.7 Å². The highest BCUT2D eigenvalue weighted by atomic mass is 35.5. The molecule has 33 heavy (non-hydrogen) atoms. The molecule has 0 unspecified atom stereocenters. The number of fused-ring (bicyclic) bond motifs is 1. The maximum absolute atomic E-state index is 12.9. The fraction of sp³-hybridized carbons (Fsp3) is 0.200. The summed E-state index contributed by atoms with van der Waals surface area (Å²) >= 11 is 6.01. The molecule has 4 rings (SSSR count). The molecule has 172 valence electrons. The van der Waals surface area contributed by atoms with Crippen LogP contribution >= 0.6 is 11.6 Å². The Morgan fingerprint density at radius 1 is 1.06 bits per heavy atom. The molecule has 0 aliphatic heterocycles. The monoisotopic (exact) mass is 481 g/mol. The number of ether oxygens (including phenoxy) is 2. The molecule has 13 heteroatoms. The molecular weight excluding hydrogens is 467 g/mol. The molecule has 0 saturated carbocycles. The van der Waals surface area contributed by atoms with E-state index < -0.39 is 23.4 Å². The first-order chi connectivity index (χ1) is 15.5. The molecule has 0 N–H and O–H groups in total. The molecule has 0 spiro atoms. The van der Waals surface area contributed by atoms with Gasteiger partial charge in [-0.1, -0.05) is 17.7 Å². The molecule has 1 aromatic carbocycles. The van der Waals surface area contributed by atoms with Gasteiger partial charge in [0.15, 0.2) is 11.2 Å². The summed E-state index contributed by atoms with van der Waals surface area (Å²) in [4.78, 5) is 33.5. The number of imidazole rings is 1. The Morgan fingerprint density at radius 2 is 1.79 bits per heavy atom. The number of nitrogens with zero attached hydrogens (tertiary/aromatic N) is 5. The van der Waals surface area contributed by atoms with Gasteiger partial charge in [-0.05, 0) is 23.8 Å². The van der Waals surface area contributed by atoms with Gasteiger partial charge < -0.3 is 9.47 Å². The van der Waals surface area contributed by atoms with Gasteiger partial charge in [0.2, 0.25) is 0 Å². The van der Waals surface area contributed by atoms with E-state index in [1.807, 2.05) is 0 Å². The average Bonchev–Trinajstić information content (AvgIpc) is 3.08. The van der Waals surface area contributed by atoms with E-state index in [0.29, 0.717) is 10.6 Å². The summed E-state index contributed by atoms with van der Waals surface area (Å²) in [5.74, 6) is -0.524. The number of pyridine rings is 1. The van der Waals surface area contributed by atoms with Gasteiger partial charge in [0.1, 0.15) is 11.5 Å². The predicted octanol–water partition coefficient (Wildman–Crippen LogP) is 3.22. The minimum atomic E-state index is -4.88. The third kappa shape index (κ3) is 4.55. The molecular formula is C20H15ClF3N5O4. The summed E-state index contributed by atoms with van der Waals surface area (Å²) in [6, 6.07) is 6.32. The molecule has 0 radical (unpaired) electrons. The number of alkyl halides is 3. The van der Waals surface area contributed by atoms with Crippen molar-refractivity contribution in [2.45, 2.75) is 12.9 Å². The molecule has 3 aromatic heterocycles. The summed E-state index contributed by atoms with van der Waals surface area (Å²) in [7, 11) is 2.75. The van der Waals surface area contributed by atoms with Gasteiger partial charge in [0, 0.05) is 32.6 Å². The zero-order chi connectivity index (χ0) is 23.9. The summed E-state index contributed by atoms with van der Waals surface area (Å²) in [6.45, 7) is 0.0333. The van der Waals surface area contributed by atoms with Crippen LogP contribution in [0, 0.1) is 0 Å². The first-order valence-electron chi connectivity index (χ1n) is 9.33. The van der Waals surface area contributed by atoms with Crippen molar-refractivity contribution < 1.29 is 22.6 Å². The Morgan fingerprint density at radius 3 is 2.48 bits per heavy atom. The van der Waals surface area contributed by atoms with Crippen LogP contribution in [0.15, 0.2) is 52.3 Å². The van der Waals surface area contributed by atoms with Crippen molar-refractivity contribution in [1.29, 1.82) is 0 Å². The second-order valence-electron chi connectivity index (χ2n) is 6.99. The van der Waals surface area contributed by atoms with Gasteiger partial charge in [0.05, 0.1) is 11.6 Å². The number of halogens is 4. The Kier molecular flexibility index (Phi) is 5.62. The second kappa shape index (κ2) is 8.28. The van der Waals surface area contributed by atoms with Crippen molar-refractivity contribution >= 4 is 22.8 Å².